The Morgan fingerprint density at radius 3 is 2.58 bits per heavy atom. The minimum Gasteiger partial charge on any atom is -0.380 e. The van der Waals surface area contributed by atoms with Gasteiger partial charge in [0, 0.05) is 17.6 Å². The molecule has 1 aromatic heterocycles. The Hall–Kier alpha value is -1.57. The first-order valence-corrected chi connectivity index (χ1v) is 7.36. The number of aromatic nitrogens is 1. The zero-order chi connectivity index (χ0) is 13.2. The molecule has 1 aromatic carbocycles. The molecule has 1 heterocycles. The zero-order valence-electron chi connectivity index (χ0n) is 11.8. The van der Waals surface area contributed by atoms with Crippen molar-refractivity contribution in [2.45, 2.75) is 39.2 Å². The Bertz CT molecular complexity index is 549. The van der Waals surface area contributed by atoms with Crippen molar-refractivity contribution in [3.63, 3.8) is 0 Å². The lowest BCUT2D eigenvalue weighted by Crippen LogP contribution is -2.37. The van der Waals surface area contributed by atoms with Gasteiger partial charge >= 0.3 is 0 Å². The maximum atomic E-state index is 4.53. The molecule has 1 saturated carbocycles. The second-order valence-electron chi connectivity index (χ2n) is 5.94. The van der Waals surface area contributed by atoms with Crippen molar-refractivity contribution in [2.75, 3.05) is 5.32 Å². The summed E-state index contributed by atoms with van der Waals surface area (Å²) in [7, 11) is 0. The Balaban J connectivity index is 1.92. The quantitative estimate of drug-likeness (QED) is 0.855. The van der Waals surface area contributed by atoms with Gasteiger partial charge in [-0.1, -0.05) is 38.5 Å². The molecule has 1 aliphatic rings. The van der Waals surface area contributed by atoms with E-state index in [9.17, 15) is 0 Å². The normalized spacial score (nSPS) is 27.4. The van der Waals surface area contributed by atoms with Crippen LogP contribution in [0.1, 0.15) is 33.1 Å². The molecule has 0 spiro atoms. The summed E-state index contributed by atoms with van der Waals surface area (Å²) in [6, 6.07) is 11.1. The highest BCUT2D eigenvalue weighted by atomic mass is 15.0. The summed E-state index contributed by atoms with van der Waals surface area (Å²) in [4.78, 5) is 4.53. The first-order chi connectivity index (χ1) is 9.25. The van der Waals surface area contributed by atoms with Gasteiger partial charge in [-0.2, -0.15) is 0 Å². The van der Waals surface area contributed by atoms with Gasteiger partial charge in [0.15, 0.2) is 0 Å². The van der Waals surface area contributed by atoms with Crippen molar-refractivity contribution in [1.82, 2.24) is 4.98 Å². The molecule has 0 radical (unpaired) electrons. The van der Waals surface area contributed by atoms with Crippen LogP contribution in [0.5, 0.6) is 0 Å². The zero-order valence-corrected chi connectivity index (χ0v) is 11.8. The molecular weight excluding hydrogens is 232 g/mol. The van der Waals surface area contributed by atoms with Crippen LogP contribution in [-0.2, 0) is 0 Å². The van der Waals surface area contributed by atoms with Crippen LogP contribution in [-0.4, -0.2) is 11.0 Å². The lowest BCUT2D eigenvalue weighted by atomic mass is 9.78. The molecule has 2 unspecified atom stereocenters. The van der Waals surface area contributed by atoms with E-state index in [-0.39, 0.29) is 0 Å². The van der Waals surface area contributed by atoms with E-state index in [2.05, 4.69) is 48.4 Å². The molecule has 19 heavy (non-hydrogen) atoms. The number of anilines is 1. The SMILES string of the molecule is CC1CCCC(C)C1Nc1cccc2cccnc12. The fourth-order valence-electron chi connectivity index (χ4n) is 3.37. The molecule has 100 valence electrons. The summed E-state index contributed by atoms with van der Waals surface area (Å²) in [5, 5.41) is 4.97. The second-order valence-corrected chi connectivity index (χ2v) is 5.94. The molecule has 1 aliphatic carbocycles. The number of nitrogens with one attached hydrogen (secondary N) is 1. The van der Waals surface area contributed by atoms with Gasteiger partial charge in [-0.25, -0.2) is 0 Å². The van der Waals surface area contributed by atoms with E-state index < -0.39 is 0 Å². The third-order valence-electron chi connectivity index (χ3n) is 4.50. The standard InChI is InChI=1S/C17H22N2/c1-12-6-3-7-13(2)16(12)19-15-10-4-8-14-9-5-11-18-17(14)15/h4-5,8-13,16,19H,3,6-7H2,1-2H3. The number of hydrogen-bond acceptors (Lipinski definition) is 2. The monoisotopic (exact) mass is 254 g/mol. The molecule has 1 fully saturated rings. The Kier molecular flexibility index (Phi) is 3.41. The predicted octanol–water partition coefficient (Wildman–Crippen LogP) is 4.47. The molecule has 0 aliphatic heterocycles. The van der Waals surface area contributed by atoms with E-state index in [1.54, 1.807) is 0 Å². The highest BCUT2D eigenvalue weighted by Gasteiger charge is 2.27. The van der Waals surface area contributed by atoms with Gasteiger partial charge in [-0.15, -0.1) is 0 Å². The summed E-state index contributed by atoms with van der Waals surface area (Å²) in [6.45, 7) is 4.73. The number of benzene rings is 1. The molecule has 0 saturated heterocycles. The molecule has 2 heteroatoms. The van der Waals surface area contributed by atoms with Gasteiger partial charge in [0.1, 0.15) is 0 Å². The Morgan fingerprint density at radius 2 is 1.79 bits per heavy atom. The molecule has 0 bridgehead atoms. The minimum absolute atomic E-state index is 0.571. The molecular formula is C17H22N2. The fourth-order valence-corrected chi connectivity index (χ4v) is 3.37. The molecule has 2 aromatic rings. The number of para-hydroxylation sites is 1. The fraction of sp³-hybridized carbons (Fsp3) is 0.471. The summed E-state index contributed by atoms with van der Waals surface area (Å²) >= 11 is 0. The maximum absolute atomic E-state index is 4.53. The van der Waals surface area contributed by atoms with Crippen LogP contribution < -0.4 is 5.32 Å². The highest BCUT2D eigenvalue weighted by Crippen LogP contribution is 2.32. The lowest BCUT2D eigenvalue weighted by Gasteiger charge is -2.36. The van der Waals surface area contributed by atoms with E-state index >= 15 is 0 Å². The van der Waals surface area contributed by atoms with Crippen molar-refractivity contribution in [1.29, 1.82) is 0 Å². The van der Waals surface area contributed by atoms with Crippen LogP contribution in [0.4, 0.5) is 5.69 Å². The first-order valence-electron chi connectivity index (χ1n) is 7.36. The summed E-state index contributed by atoms with van der Waals surface area (Å²) in [6.07, 6.45) is 5.91. The average molecular weight is 254 g/mol. The van der Waals surface area contributed by atoms with Gasteiger partial charge < -0.3 is 5.32 Å². The third-order valence-corrected chi connectivity index (χ3v) is 4.50. The highest BCUT2D eigenvalue weighted by molar-refractivity contribution is 5.90. The van der Waals surface area contributed by atoms with Crippen LogP contribution in [0.25, 0.3) is 10.9 Å². The van der Waals surface area contributed by atoms with E-state index in [0.717, 1.165) is 17.4 Å². The number of pyridine rings is 1. The largest absolute Gasteiger partial charge is 0.380 e. The minimum atomic E-state index is 0.571. The van der Waals surface area contributed by atoms with Crippen molar-refractivity contribution >= 4 is 16.6 Å². The van der Waals surface area contributed by atoms with E-state index in [4.69, 9.17) is 0 Å². The number of rotatable bonds is 2. The van der Waals surface area contributed by atoms with Crippen LogP contribution >= 0.6 is 0 Å². The van der Waals surface area contributed by atoms with Gasteiger partial charge in [0.2, 0.25) is 0 Å². The summed E-state index contributed by atoms with van der Waals surface area (Å²) in [5.74, 6) is 1.48. The third kappa shape index (κ3) is 2.44. The van der Waals surface area contributed by atoms with E-state index in [1.165, 1.54) is 30.3 Å². The smallest absolute Gasteiger partial charge is 0.0933 e. The van der Waals surface area contributed by atoms with Crippen molar-refractivity contribution in [2.24, 2.45) is 11.8 Å². The van der Waals surface area contributed by atoms with Gasteiger partial charge in [0.25, 0.3) is 0 Å². The van der Waals surface area contributed by atoms with Crippen molar-refractivity contribution in [3.05, 3.63) is 36.5 Å². The van der Waals surface area contributed by atoms with Crippen molar-refractivity contribution < 1.29 is 0 Å². The molecule has 3 rings (SSSR count). The lowest BCUT2D eigenvalue weighted by molar-refractivity contribution is 0.268. The Morgan fingerprint density at radius 1 is 1.05 bits per heavy atom. The van der Waals surface area contributed by atoms with Crippen LogP contribution in [0.2, 0.25) is 0 Å². The molecule has 0 amide bonds. The number of nitrogens with zero attached hydrogens (tertiary/aromatic N) is 1. The van der Waals surface area contributed by atoms with E-state index in [1.807, 2.05) is 12.3 Å². The average Bonchev–Trinajstić information content (AvgIpc) is 2.43. The maximum Gasteiger partial charge on any atom is 0.0933 e. The molecule has 2 nitrogen and oxygen atoms in total. The summed E-state index contributed by atoms with van der Waals surface area (Å²) < 4.78 is 0. The number of fused-ring (bicyclic) bond motifs is 1. The first kappa shape index (κ1) is 12.5. The topological polar surface area (TPSA) is 24.9 Å². The Labute approximate surface area is 115 Å². The second kappa shape index (κ2) is 5.20. The van der Waals surface area contributed by atoms with Crippen molar-refractivity contribution in [3.8, 4) is 0 Å². The predicted molar refractivity (Wildman–Crippen MR) is 81.3 cm³/mol. The van der Waals surface area contributed by atoms with Crippen LogP contribution in [0.15, 0.2) is 36.5 Å². The summed E-state index contributed by atoms with van der Waals surface area (Å²) in [5.41, 5.74) is 2.28. The molecule has 1 N–H and O–H groups in total. The van der Waals surface area contributed by atoms with Crippen LogP contribution in [0, 0.1) is 11.8 Å². The van der Waals surface area contributed by atoms with Gasteiger partial charge in [0.05, 0.1) is 11.2 Å². The van der Waals surface area contributed by atoms with Gasteiger partial charge in [-0.05, 0) is 36.8 Å². The van der Waals surface area contributed by atoms with E-state index in [0.29, 0.717) is 6.04 Å². The number of hydrogen-bond donors (Lipinski definition) is 1. The van der Waals surface area contributed by atoms with Crippen LogP contribution in [0.3, 0.4) is 0 Å². The molecule has 2 atom stereocenters. The van der Waals surface area contributed by atoms with Gasteiger partial charge in [-0.3, -0.25) is 4.98 Å².